The second kappa shape index (κ2) is 8.96. The number of thiocarbonyl (C=S) groups is 1. The van der Waals surface area contributed by atoms with Gasteiger partial charge in [0.2, 0.25) is 0 Å². The molecular formula is C23H24N2O6S. The highest BCUT2D eigenvalue weighted by molar-refractivity contribution is 7.80. The van der Waals surface area contributed by atoms with Crippen LogP contribution in [0.3, 0.4) is 0 Å². The van der Waals surface area contributed by atoms with Gasteiger partial charge in [-0.3, -0.25) is 4.90 Å². The van der Waals surface area contributed by atoms with Crippen molar-refractivity contribution >= 4 is 29.0 Å². The third-order valence-electron chi connectivity index (χ3n) is 5.43. The van der Waals surface area contributed by atoms with Gasteiger partial charge in [0.25, 0.3) is 0 Å². The van der Waals surface area contributed by atoms with Crippen LogP contribution in [0.25, 0.3) is 0 Å². The van der Waals surface area contributed by atoms with Crippen molar-refractivity contribution in [2.75, 3.05) is 39.4 Å². The van der Waals surface area contributed by atoms with E-state index in [2.05, 4.69) is 5.32 Å². The minimum Gasteiger partial charge on any atom is -0.497 e. The zero-order valence-electron chi connectivity index (χ0n) is 18.3. The van der Waals surface area contributed by atoms with Crippen molar-refractivity contribution in [2.45, 2.75) is 13.0 Å². The smallest absolute Gasteiger partial charge is 0.337 e. The molecule has 2 aliphatic heterocycles. The van der Waals surface area contributed by atoms with Gasteiger partial charge in [0.1, 0.15) is 24.7 Å². The standard InChI is InChI=1S/C23H24N2O6S/c1-13-20(22(26)29-4)21(16-7-6-15(27-2)12-18(16)28-3)24-23(32)25(13)14-5-8-17-19(11-14)31-10-9-30-17/h5-8,11-12,21H,9-10H2,1-4H3,(H,24,32). The van der Waals surface area contributed by atoms with E-state index in [1.54, 1.807) is 31.3 Å². The number of rotatable bonds is 5. The van der Waals surface area contributed by atoms with Crippen molar-refractivity contribution in [1.82, 2.24) is 5.32 Å². The van der Waals surface area contributed by atoms with Crippen LogP contribution in [0, 0.1) is 0 Å². The fourth-order valence-corrected chi connectivity index (χ4v) is 4.25. The number of fused-ring (bicyclic) bond motifs is 1. The summed E-state index contributed by atoms with van der Waals surface area (Å²) in [4.78, 5) is 14.7. The predicted octanol–water partition coefficient (Wildman–Crippen LogP) is 3.36. The monoisotopic (exact) mass is 456 g/mol. The molecule has 0 aliphatic carbocycles. The molecule has 2 aromatic carbocycles. The van der Waals surface area contributed by atoms with E-state index in [9.17, 15) is 4.79 Å². The number of nitrogens with one attached hydrogen (secondary N) is 1. The molecule has 0 amide bonds. The number of allylic oxidation sites excluding steroid dienone is 1. The Kier molecular flexibility index (Phi) is 6.09. The molecule has 0 spiro atoms. The van der Waals surface area contributed by atoms with Crippen molar-refractivity contribution in [3.8, 4) is 23.0 Å². The van der Waals surface area contributed by atoms with Gasteiger partial charge in [0.15, 0.2) is 16.6 Å². The maximum absolute atomic E-state index is 12.9. The SMILES string of the molecule is COC(=O)C1=C(C)N(c2ccc3c(c2)OCCO3)C(=S)NC1c1ccc(OC)cc1OC. The lowest BCUT2D eigenvalue weighted by atomic mass is 9.94. The van der Waals surface area contributed by atoms with Crippen molar-refractivity contribution in [2.24, 2.45) is 0 Å². The molecule has 0 fully saturated rings. The number of esters is 1. The fraction of sp³-hybridized carbons (Fsp3) is 0.304. The summed E-state index contributed by atoms with van der Waals surface area (Å²) in [5.74, 6) is 2.03. The van der Waals surface area contributed by atoms with E-state index < -0.39 is 12.0 Å². The van der Waals surface area contributed by atoms with Crippen molar-refractivity contribution in [3.05, 3.63) is 53.2 Å². The van der Waals surface area contributed by atoms with E-state index in [0.717, 1.165) is 11.3 Å². The molecule has 0 saturated heterocycles. The predicted molar refractivity (Wildman–Crippen MR) is 123 cm³/mol. The van der Waals surface area contributed by atoms with Crippen LogP contribution >= 0.6 is 12.2 Å². The van der Waals surface area contributed by atoms with Crippen LogP contribution in [0.15, 0.2) is 47.7 Å². The minimum absolute atomic E-state index is 0.416. The largest absolute Gasteiger partial charge is 0.497 e. The van der Waals surface area contributed by atoms with E-state index in [1.165, 1.54) is 7.11 Å². The van der Waals surface area contributed by atoms with Crippen LogP contribution in [-0.2, 0) is 9.53 Å². The maximum atomic E-state index is 12.9. The first-order valence-corrected chi connectivity index (χ1v) is 10.4. The first kappa shape index (κ1) is 21.8. The summed E-state index contributed by atoms with van der Waals surface area (Å²) in [5, 5.41) is 3.70. The van der Waals surface area contributed by atoms with Crippen LogP contribution in [0.5, 0.6) is 23.0 Å². The summed E-state index contributed by atoms with van der Waals surface area (Å²) < 4.78 is 27.3. The molecular weight excluding hydrogens is 432 g/mol. The number of ether oxygens (including phenoxy) is 5. The Morgan fingerprint density at radius 1 is 1.06 bits per heavy atom. The van der Waals surface area contributed by atoms with E-state index in [1.807, 2.05) is 31.2 Å². The van der Waals surface area contributed by atoms with Crippen molar-refractivity contribution in [3.63, 3.8) is 0 Å². The Bertz CT molecular complexity index is 1100. The third-order valence-corrected chi connectivity index (χ3v) is 5.73. The van der Waals surface area contributed by atoms with Gasteiger partial charge in [-0.05, 0) is 43.4 Å². The van der Waals surface area contributed by atoms with Gasteiger partial charge in [0.05, 0.1) is 38.6 Å². The molecule has 2 aliphatic rings. The average molecular weight is 457 g/mol. The molecule has 1 N–H and O–H groups in total. The van der Waals surface area contributed by atoms with Gasteiger partial charge in [-0.1, -0.05) is 0 Å². The molecule has 1 unspecified atom stereocenters. The Hall–Kier alpha value is -3.46. The lowest BCUT2D eigenvalue weighted by Crippen LogP contribution is -2.48. The Balaban J connectivity index is 1.82. The summed E-state index contributed by atoms with van der Waals surface area (Å²) in [6.07, 6.45) is 0. The summed E-state index contributed by atoms with van der Waals surface area (Å²) in [6.45, 7) is 2.81. The van der Waals surface area contributed by atoms with Gasteiger partial charge in [-0.25, -0.2) is 4.79 Å². The molecule has 2 aromatic rings. The van der Waals surface area contributed by atoms with Gasteiger partial charge in [-0.2, -0.15) is 0 Å². The van der Waals surface area contributed by atoms with Crippen molar-refractivity contribution in [1.29, 1.82) is 0 Å². The number of nitrogens with zero attached hydrogens (tertiary/aromatic N) is 1. The van der Waals surface area contributed by atoms with Crippen molar-refractivity contribution < 1.29 is 28.5 Å². The molecule has 8 nitrogen and oxygen atoms in total. The lowest BCUT2D eigenvalue weighted by Gasteiger charge is -2.38. The maximum Gasteiger partial charge on any atom is 0.337 e. The van der Waals surface area contributed by atoms with Crippen LogP contribution < -0.4 is 29.2 Å². The fourth-order valence-electron chi connectivity index (χ4n) is 3.89. The van der Waals surface area contributed by atoms with Gasteiger partial charge < -0.3 is 29.0 Å². The highest BCUT2D eigenvalue weighted by Gasteiger charge is 2.37. The van der Waals surface area contributed by atoms with Crippen LogP contribution in [0.2, 0.25) is 0 Å². The number of hydrogen-bond donors (Lipinski definition) is 1. The number of anilines is 1. The van der Waals surface area contributed by atoms with Gasteiger partial charge in [0, 0.05) is 23.4 Å². The van der Waals surface area contributed by atoms with Gasteiger partial charge in [-0.15, -0.1) is 0 Å². The lowest BCUT2D eigenvalue weighted by molar-refractivity contribution is -0.136. The average Bonchev–Trinajstić information content (AvgIpc) is 2.82. The quantitative estimate of drug-likeness (QED) is 0.538. The zero-order chi connectivity index (χ0) is 22.8. The molecule has 0 radical (unpaired) electrons. The molecule has 0 saturated carbocycles. The van der Waals surface area contributed by atoms with Crippen LogP contribution in [0.1, 0.15) is 18.5 Å². The van der Waals surface area contributed by atoms with Gasteiger partial charge >= 0.3 is 5.97 Å². The molecule has 32 heavy (non-hydrogen) atoms. The second-order valence-electron chi connectivity index (χ2n) is 7.14. The van der Waals surface area contributed by atoms with Crippen LogP contribution in [0.4, 0.5) is 5.69 Å². The molecule has 0 bridgehead atoms. The number of benzene rings is 2. The first-order chi connectivity index (χ1) is 15.5. The highest BCUT2D eigenvalue weighted by Crippen LogP contribution is 2.41. The Labute approximate surface area is 191 Å². The normalized spacial score (nSPS) is 17.6. The molecule has 2 heterocycles. The Morgan fingerprint density at radius 2 is 1.81 bits per heavy atom. The van der Waals surface area contributed by atoms with E-state index in [0.29, 0.717) is 52.6 Å². The number of hydrogen-bond acceptors (Lipinski definition) is 7. The summed E-state index contributed by atoms with van der Waals surface area (Å²) in [6, 6.07) is 10.4. The Morgan fingerprint density at radius 3 is 2.50 bits per heavy atom. The molecule has 4 rings (SSSR count). The summed E-state index contributed by atoms with van der Waals surface area (Å²) in [7, 11) is 4.50. The third kappa shape index (κ3) is 3.80. The topological polar surface area (TPSA) is 78.5 Å². The molecule has 0 aromatic heterocycles. The number of carbonyl (C=O) groups excluding carboxylic acids is 1. The highest BCUT2D eigenvalue weighted by atomic mass is 32.1. The molecule has 168 valence electrons. The first-order valence-electron chi connectivity index (χ1n) is 9.99. The molecule has 1 atom stereocenters. The molecule has 9 heteroatoms. The van der Waals surface area contributed by atoms with Crippen LogP contribution in [-0.4, -0.2) is 45.6 Å². The second-order valence-corrected chi connectivity index (χ2v) is 7.53. The summed E-state index contributed by atoms with van der Waals surface area (Å²) >= 11 is 5.71. The van der Waals surface area contributed by atoms with E-state index in [-0.39, 0.29) is 0 Å². The van der Waals surface area contributed by atoms with E-state index in [4.69, 9.17) is 35.9 Å². The summed E-state index contributed by atoms with van der Waals surface area (Å²) in [5.41, 5.74) is 2.53. The zero-order valence-corrected chi connectivity index (χ0v) is 19.1. The number of carbonyl (C=O) groups is 1. The minimum atomic E-state index is -0.565. The van der Waals surface area contributed by atoms with E-state index >= 15 is 0 Å². The number of methoxy groups -OCH3 is 3.